The van der Waals surface area contributed by atoms with Crippen LogP contribution < -0.4 is 26.4 Å². The quantitative estimate of drug-likeness (QED) is 0.318. The molecule has 0 saturated carbocycles. The number of primary amides is 1. The number of likely N-dealkylation sites (N-methyl/N-ethyl adjacent to an activating group) is 1. The number of hydrogen-bond acceptors (Lipinski definition) is 5. The van der Waals surface area contributed by atoms with E-state index >= 15 is 0 Å². The van der Waals surface area contributed by atoms with Gasteiger partial charge in [-0.3, -0.25) is 23.5 Å². The van der Waals surface area contributed by atoms with E-state index in [1.165, 1.54) is 21.0 Å². The van der Waals surface area contributed by atoms with Gasteiger partial charge in [-0.05, 0) is 55.8 Å². The highest BCUT2D eigenvalue weighted by Crippen LogP contribution is 2.22. The predicted molar refractivity (Wildman–Crippen MR) is 153 cm³/mol. The van der Waals surface area contributed by atoms with Crippen LogP contribution in [-0.2, 0) is 20.8 Å². The molecule has 0 radical (unpaired) electrons. The Bertz CT molecular complexity index is 1580. The molecule has 0 saturated heterocycles. The minimum atomic E-state index is -0.990. The van der Waals surface area contributed by atoms with Crippen molar-refractivity contribution in [3.05, 3.63) is 94.9 Å². The van der Waals surface area contributed by atoms with Gasteiger partial charge < -0.3 is 20.7 Å². The summed E-state index contributed by atoms with van der Waals surface area (Å²) in [5, 5.41) is 2.87. The highest BCUT2D eigenvalue weighted by atomic mass is 16.5. The van der Waals surface area contributed by atoms with Crippen molar-refractivity contribution in [1.29, 1.82) is 0 Å². The van der Waals surface area contributed by atoms with Crippen LogP contribution in [-0.4, -0.2) is 47.1 Å². The van der Waals surface area contributed by atoms with Gasteiger partial charge in [0.1, 0.15) is 23.9 Å². The molecule has 3 atom stereocenters. The number of methoxy groups -OCH3 is 1. The van der Waals surface area contributed by atoms with Gasteiger partial charge in [-0.25, -0.2) is 4.79 Å². The molecule has 0 bridgehead atoms. The number of para-hydroxylation sites is 2. The largest absolute Gasteiger partial charge is 0.497 e. The zero-order chi connectivity index (χ0) is 29.0. The second-order valence-corrected chi connectivity index (χ2v) is 9.61. The molecule has 3 aromatic carbocycles. The minimum Gasteiger partial charge on any atom is -0.497 e. The Morgan fingerprint density at radius 2 is 1.43 bits per heavy atom. The van der Waals surface area contributed by atoms with E-state index in [-0.39, 0.29) is 12.3 Å². The first-order chi connectivity index (χ1) is 19.1. The van der Waals surface area contributed by atoms with E-state index < -0.39 is 35.6 Å². The normalized spacial score (nSPS) is 13.3. The summed E-state index contributed by atoms with van der Waals surface area (Å²) in [4.78, 5) is 54.3. The first-order valence-electron chi connectivity index (χ1n) is 12.9. The molecule has 0 spiro atoms. The van der Waals surface area contributed by atoms with Gasteiger partial charge in [-0.1, -0.05) is 42.5 Å². The number of nitrogens with two attached hydrogens (primary N) is 1. The molecule has 3 amide bonds. The van der Waals surface area contributed by atoms with Crippen LogP contribution in [0.5, 0.6) is 5.75 Å². The highest BCUT2D eigenvalue weighted by molar-refractivity contribution is 5.99. The number of nitrogens with zero attached hydrogens (tertiary/aromatic N) is 3. The van der Waals surface area contributed by atoms with Crippen LogP contribution in [0.2, 0.25) is 0 Å². The summed E-state index contributed by atoms with van der Waals surface area (Å²) in [6.07, 6.45) is 0.244. The molecule has 1 aromatic heterocycles. The van der Waals surface area contributed by atoms with Gasteiger partial charge >= 0.3 is 5.69 Å². The summed E-state index contributed by atoms with van der Waals surface area (Å²) in [5.41, 5.74) is 7.41. The molecule has 4 rings (SSSR count). The van der Waals surface area contributed by atoms with Crippen molar-refractivity contribution in [3.8, 4) is 5.75 Å². The molecule has 208 valence electrons. The molecule has 10 nitrogen and oxygen atoms in total. The third kappa shape index (κ3) is 5.61. The number of aromatic nitrogens is 2. The van der Waals surface area contributed by atoms with Gasteiger partial charge in [0.25, 0.3) is 0 Å². The Morgan fingerprint density at radius 3 is 1.98 bits per heavy atom. The summed E-state index contributed by atoms with van der Waals surface area (Å²) < 4.78 is 7.81. The molecule has 2 unspecified atom stereocenters. The highest BCUT2D eigenvalue weighted by Gasteiger charge is 2.30. The fourth-order valence-electron chi connectivity index (χ4n) is 4.70. The number of amides is 3. The first kappa shape index (κ1) is 28.2. The van der Waals surface area contributed by atoms with E-state index in [0.717, 1.165) is 5.56 Å². The predicted octanol–water partition coefficient (Wildman–Crippen LogP) is 2.81. The number of rotatable bonds is 10. The van der Waals surface area contributed by atoms with Crippen molar-refractivity contribution in [3.63, 3.8) is 0 Å². The van der Waals surface area contributed by atoms with Crippen LogP contribution in [0.25, 0.3) is 11.0 Å². The number of benzene rings is 3. The number of anilines is 1. The standard InChI is InChI=1S/C30H33N5O5/c1-19(27(31)36)34-25-12-8-9-13-26(25)35(30(34)39)20(2)28(37)32-24(18-21-10-6-5-7-11-21)29(38)33(3)22-14-16-23(40-4)17-15-22/h5-17,19-20,24H,18H2,1-4H3,(H2,31,36)(H,32,37)/t19?,20?,24-/m0/s1. The van der Waals surface area contributed by atoms with Crippen molar-refractivity contribution in [2.75, 3.05) is 19.1 Å². The maximum Gasteiger partial charge on any atom is 0.330 e. The molecule has 0 aliphatic carbocycles. The SMILES string of the molecule is COc1ccc(N(C)C(=O)[C@H](Cc2ccccc2)NC(=O)C(C)n2c(=O)n(C(C)C(N)=O)c3ccccc32)cc1. The first-order valence-corrected chi connectivity index (χ1v) is 12.9. The monoisotopic (exact) mass is 543 g/mol. The Hall–Kier alpha value is -4.86. The van der Waals surface area contributed by atoms with Crippen molar-refractivity contribution in [2.45, 2.75) is 38.4 Å². The van der Waals surface area contributed by atoms with Crippen molar-refractivity contribution in [1.82, 2.24) is 14.5 Å². The van der Waals surface area contributed by atoms with Gasteiger partial charge in [0.15, 0.2) is 0 Å². The molecular weight excluding hydrogens is 510 g/mol. The van der Waals surface area contributed by atoms with E-state index in [0.29, 0.717) is 22.5 Å². The number of imidazole rings is 1. The average molecular weight is 544 g/mol. The van der Waals surface area contributed by atoms with Gasteiger partial charge in [0.2, 0.25) is 17.7 Å². The Kier molecular flexibility index (Phi) is 8.37. The minimum absolute atomic E-state index is 0.244. The molecule has 4 aromatic rings. The second kappa shape index (κ2) is 11.9. The van der Waals surface area contributed by atoms with E-state index in [4.69, 9.17) is 10.5 Å². The second-order valence-electron chi connectivity index (χ2n) is 9.61. The fraction of sp³-hybridized carbons (Fsp3) is 0.267. The lowest BCUT2D eigenvalue weighted by molar-refractivity contribution is -0.129. The van der Waals surface area contributed by atoms with Crippen molar-refractivity contribution < 1.29 is 19.1 Å². The zero-order valence-electron chi connectivity index (χ0n) is 22.9. The van der Waals surface area contributed by atoms with Crippen molar-refractivity contribution >= 4 is 34.4 Å². The van der Waals surface area contributed by atoms with Gasteiger partial charge in [0, 0.05) is 19.2 Å². The van der Waals surface area contributed by atoms with E-state index in [1.54, 1.807) is 69.6 Å². The van der Waals surface area contributed by atoms with Crippen LogP contribution in [0.4, 0.5) is 5.69 Å². The fourth-order valence-corrected chi connectivity index (χ4v) is 4.70. The zero-order valence-corrected chi connectivity index (χ0v) is 22.9. The number of carbonyl (C=O) groups excluding carboxylic acids is 3. The maximum absolute atomic E-state index is 13.7. The number of carbonyl (C=O) groups is 3. The van der Waals surface area contributed by atoms with Crippen LogP contribution in [0.1, 0.15) is 31.5 Å². The average Bonchev–Trinajstić information content (AvgIpc) is 3.27. The molecule has 1 heterocycles. The molecule has 40 heavy (non-hydrogen) atoms. The summed E-state index contributed by atoms with van der Waals surface area (Å²) in [5.74, 6) is -0.860. The maximum atomic E-state index is 13.7. The summed E-state index contributed by atoms with van der Waals surface area (Å²) in [7, 11) is 3.20. The lowest BCUT2D eigenvalue weighted by Gasteiger charge is -2.26. The third-order valence-electron chi connectivity index (χ3n) is 7.07. The number of nitrogens with one attached hydrogen (secondary N) is 1. The molecular formula is C30H33N5O5. The lowest BCUT2D eigenvalue weighted by Crippen LogP contribution is -2.51. The molecule has 10 heteroatoms. The smallest absolute Gasteiger partial charge is 0.330 e. The summed E-state index contributed by atoms with van der Waals surface area (Å²) >= 11 is 0. The molecule has 0 aliphatic heterocycles. The Balaban J connectivity index is 1.67. The Morgan fingerprint density at radius 1 is 0.875 bits per heavy atom. The van der Waals surface area contributed by atoms with Crippen molar-refractivity contribution in [2.24, 2.45) is 5.73 Å². The summed E-state index contributed by atoms with van der Waals surface area (Å²) in [6, 6.07) is 20.4. The summed E-state index contributed by atoms with van der Waals surface area (Å²) in [6.45, 7) is 3.12. The topological polar surface area (TPSA) is 129 Å². The van der Waals surface area contributed by atoms with Crippen LogP contribution in [0, 0.1) is 0 Å². The van der Waals surface area contributed by atoms with E-state index in [2.05, 4.69) is 5.32 Å². The Labute approximate surface area is 231 Å². The van der Waals surface area contributed by atoms with Gasteiger partial charge in [0.05, 0.1) is 18.1 Å². The third-order valence-corrected chi connectivity index (χ3v) is 7.07. The lowest BCUT2D eigenvalue weighted by atomic mass is 10.0. The number of fused-ring (bicyclic) bond motifs is 1. The van der Waals surface area contributed by atoms with Crippen LogP contribution in [0.15, 0.2) is 83.7 Å². The number of hydrogen-bond donors (Lipinski definition) is 2. The van der Waals surface area contributed by atoms with E-state index in [9.17, 15) is 19.2 Å². The van der Waals surface area contributed by atoms with E-state index in [1.807, 2.05) is 30.3 Å². The van der Waals surface area contributed by atoms with Crippen LogP contribution >= 0.6 is 0 Å². The molecule has 0 fully saturated rings. The molecule has 0 aliphatic rings. The number of ether oxygens (including phenoxy) is 1. The van der Waals surface area contributed by atoms with Gasteiger partial charge in [-0.2, -0.15) is 0 Å². The van der Waals surface area contributed by atoms with Crippen LogP contribution in [0.3, 0.4) is 0 Å². The molecule has 3 N–H and O–H groups in total. The van der Waals surface area contributed by atoms with Gasteiger partial charge in [-0.15, -0.1) is 0 Å².